The Bertz CT molecular complexity index is 2480. The highest BCUT2D eigenvalue weighted by atomic mass is 16.5. The maximum atomic E-state index is 14.1. The number of anilines is 1. The molecule has 3 aromatic heterocycles. The number of H-pyrrole nitrogens is 1. The Kier molecular flexibility index (Phi) is 6.43. The molecule has 4 aliphatic rings. The van der Waals surface area contributed by atoms with Gasteiger partial charge in [-0.15, -0.1) is 0 Å². The van der Waals surface area contributed by atoms with E-state index in [1.165, 1.54) is 0 Å². The number of rotatable bonds is 4. The summed E-state index contributed by atoms with van der Waals surface area (Å²) in [5.41, 5.74) is 6.61. The van der Waals surface area contributed by atoms with Crippen LogP contribution in [0.4, 0.5) is 5.69 Å². The molecule has 4 aliphatic heterocycles. The number of nitrogens with zero attached hydrogens (tertiary/aromatic N) is 2. The molecule has 262 valence electrons. The van der Waals surface area contributed by atoms with Gasteiger partial charge < -0.3 is 39.6 Å². The number of fused-ring (bicyclic) bond motifs is 7. The van der Waals surface area contributed by atoms with Crippen molar-refractivity contribution in [3.63, 3.8) is 0 Å². The number of para-hydroxylation sites is 1. The second-order valence-electron chi connectivity index (χ2n) is 14.9. The molecular weight excluding hydrogens is 660 g/mol. The number of benzene rings is 3. The lowest BCUT2D eigenvalue weighted by atomic mass is 9.72. The van der Waals surface area contributed by atoms with Crippen LogP contribution in [0.1, 0.15) is 62.1 Å². The number of hydrogen-bond donors (Lipinski definition) is 5. The van der Waals surface area contributed by atoms with Crippen molar-refractivity contribution < 1.29 is 28.3 Å². The Hall–Kier alpha value is -5.88. The molecule has 52 heavy (non-hydrogen) atoms. The summed E-state index contributed by atoms with van der Waals surface area (Å²) in [5, 5.41) is 21.3. The lowest BCUT2D eigenvalue weighted by Gasteiger charge is -2.29. The van der Waals surface area contributed by atoms with E-state index >= 15 is 0 Å². The highest BCUT2D eigenvalue weighted by Crippen LogP contribution is 2.61. The Morgan fingerprint density at radius 3 is 2.65 bits per heavy atom. The number of aromatic amines is 1. The van der Waals surface area contributed by atoms with Crippen molar-refractivity contribution in [2.24, 2.45) is 11.8 Å². The summed E-state index contributed by atoms with van der Waals surface area (Å²) in [5.74, 6) is 0.694. The average Bonchev–Trinajstić information content (AvgIpc) is 3.95. The number of nitrogens with one attached hydrogen (secondary N) is 4. The van der Waals surface area contributed by atoms with Crippen molar-refractivity contribution in [1.82, 2.24) is 25.6 Å². The van der Waals surface area contributed by atoms with Gasteiger partial charge in [0.15, 0.2) is 23.4 Å². The van der Waals surface area contributed by atoms with E-state index in [0.717, 1.165) is 50.0 Å². The van der Waals surface area contributed by atoms with Gasteiger partial charge in [0, 0.05) is 51.5 Å². The summed E-state index contributed by atoms with van der Waals surface area (Å²) in [6.07, 6.45) is 1.90. The average molecular weight is 697 g/mol. The Morgan fingerprint density at radius 1 is 1.00 bits per heavy atom. The van der Waals surface area contributed by atoms with Crippen LogP contribution in [0, 0.1) is 11.8 Å². The van der Waals surface area contributed by atoms with Crippen LogP contribution in [-0.4, -0.2) is 50.2 Å². The summed E-state index contributed by atoms with van der Waals surface area (Å²) in [6.45, 7) is 7.44. The van der Waals surface area contributed by atoms with Gasteiger partial charge in [-0.2, -0.15) is 0 Å². The molecule has 5 atom stereocenters. The third-order valence-corrected chi connectivity index (χ3v) is 11.0. The fraction of sp³-hybridized carbons (Fsp3) is 0.300. The molecule has 0 saturated carbocycles. The fourth-order valence-corrected chi connectivity index (χ4v) is 8.42. The second-order valence-corrected chi connectivity index (χ2v) is 14.9. The first-order valence-corrected chi connectivity index (χ1v) is 17.7. The van der Waals surface area contributed by atoms with E-state index in [9.17, 15) is 14.7 Å². The van der Waals surface area contributed by atoms with E-state index in [0.29, 0.717) is 23.0 Å². The molecule has 12 nitrogen and oxygen atoms in total. The highest BCUT2D eigenvalue weighted by molar-refractivity contribution is 6.07. The van der Waals surface area contributed by atoms with Gasteiger partial charge in [-0.25, -0.2) is 9.97 Å². The Labute approximate surface area is 298 Å². The van der Waals surface area contributed by atoms with Crippen molar-refractivity contribution in [3.8, 4) is 39.8 Å². The third-order valence-electron chi connectivity index (χ3n) is 11.0. The van der Waals surface area contributed by atoms with Gasteiger partial charge in [0.05, 0.1) is 6.20 Å². The minimum Gasteiger partial charge on any atom is -0.469 e. The number of aromatic nitrogens is 3. The number of oxazole rings is 2. The van der Waals surface area contributed by atoms with Crippen molar-refractivity contribution in [3.05, 3.63) is 95.3 Å². The third kappa shape index (κ3) is 4.12. The fourth-order valence-electron chi connectivity index (χ4n) is 8.42. The van der Waals surface area contributed by atoms with E-state index in [2.05, 4.69) is 45.2 Å². The van der Waals surface area contributed by atoms with Crippen LogP contribution in [0.2, 0.25) is 0 Å². The minimum absolute atomic E-state index is 0.169. The molecule has 7 heterocycles. The van der Waals surface area contributed by atoms with Crippen LogP contribution in [0.15, 0.2) is 75.8 Å². The molecular formula is C40H36N6O6. The normalized spacial score (nSPS) is 22.6. The zero-order valence-corrected chi connectivity index (χ0v) is 28.9. The first-order chi connectivity index (χ1) is 25.1. The summed E-state index contributed by atoms with van der Waals surface area (Å²) in [4.78, 5) is 40.6. The molecule has 10 bridgehead atoms. The molecule has 12 heteroatoms. The standard InChI is InChI=1S/C40H36N6O6/c1-17(2)30-38-45-32-34(52-38)40-23-9-5-8-21(20-7-6-10-25-29(20)22(15-41-25)28-16-42-37(32)50-28)31(23)46-39(40)51-27-12-11-19(13-24(27)40)14-26(35(48)44-30)43-36(49)33(47)18(3)4/h5-13,15-18,26,30,33,39,41,46-47H,14H2,1-4H3,(H,43,49)(H,44,48)/t26?,30-,33-,39-,40?/m0/s1. The molecule has 0 fully saturated rings. The van der Waals surface area contributed by atoms with Gasteiger partial charge in [0.1, 0.15) is 29.4 Å². The zero-order chi connectivity index (χ0) is 35.6. The van der Waals surface area contributed by atoms with Crippen LogP contribution in [0.25, 0.3) is 44.9 Å². The molecule has 2 unspecified atom stereocenters. The van der Waals surface area contributed by atoms with Crippen molar-refractivity contribution in [2.45, 2.75) is 63.9 Å². The van der Waals surface area contributed by atoms with Gasteiger partial charge in [0.2, 0.25) is 23.6 Å². The van der Waals surface area contributed by atoms with E-state index in [4.69, 9.17) is 23.5 Å². The number of carbonyl (C=O) groups is 2. The van der Waals surface area contributed by atoms with Gasteiger partial charge >= 0.3 is 0 Å². The molecule has 10 rings (SSSR count). The zero-order valence-electron chi connectivity index (χ0n) is 28.9. The van der Waals surface area contributed by atoms with E-state index in [1.54, 1.807) is 20.0 Å². The molecule has 1 spiro atoms. The molecule has 6 aromatic rings. The maximum absolute atomic E-state index is 14.1. The number of aliphatic hydroxyl groups excluding tert-OH is 1. The summed E-state index contributed by atoms with van der Waals surface area (Å²) < 4.78 is 20.4. The summed E-state index contributed by atoms with van der Waals surface area (Å²) in [7, 11) is 0. The van der Waals surface area contributed by atoms with Gasteiger partial charge in [0.25, 0.3) is 0 Å². The van der Waals surface area contributed by atoms with Gasteiger partial charge in [-0.3, -0.25) is 9.59 Å². The predicted molar refractivity (Wildman–Crippen MR) is 191 cm³/mol. The van der Waals surface area contributed by atoms with Crippen LogP contribution >= 0.6 is 0 Å². The van der Waals surface area contributed by atoms with E-state index in [-0.39, 0.29) is 30.0 Å². The number of carbonyl (C=O) groups excluding carboxylic acids is 2. The van der Waals surface area contributed by atoms with E-state index in [1.807, 2.05) is 50.4 Å². The molecule has 0 aliphatic carbocycles. The van der Waals surface area contributed by atoms with Crippen LogP contribution in [0.5, 0.6) is 5.75 Å². The highest BCUT2D eigenvalue weighted by Gasteiger charge is 2.61. The van der Waals surface area contributed by atoms with Gasteiger partial charge in [-0.1, -0.05) is 70.2 Å². The van der Waals surface area contributed by atoms with Crippen LogP contribution in [0.3, 0.4) is 0 Å². The molecule has 0 radical (unpaired) electrons. The largest absolute Gasteiger partial charge is 0.469 e. The van der Waals surface area contributed by atoms with Gasteiger partial charge in [-0.05, 0) is 35.1 Å². The monoisotopic (exact) mass is 696 g/mol. The van der Waals surface area contributed by atoms with E-state index < -0.39 is 41.6 Å². The first-order valence-electron chi connectivity index (χ1n) is 17.7. The molecule has 3 aromatic carbocycles. The maximum Gasteiger partial charge on any atom is 0.249 e. The summed E-state index contributed by atoms with van der Waals surface area (Å²) in [6, 6.07) is 16.6. The Morgan fingerprint density at radius 2 is 1.83 bits per heavy atom. The lowest BCUT2D eigenvalue weighted by Crippen LogP contribution is -2.52. The van der Waals surface area contributed by atoms with Crippen LogP contribution in [-0.2, 0) is 21.4 Å². The first kappa shape index (κ1) is 30.9. The number of hydrogen-bond acceptors (Lipinski definition) is 9. The van der Waals surface area contributed by atoms with Crippen molar-refractivity contribution >= 4 is 28.4 Å². The summed E-state index contributed by atoms with van der Waals surface area (Å²) >= 11 is 0. The number of amides is 2. The molecule has 5 N–H and O–H groups in total. The molecule has 2 amide bonds. The second kappa shape index (κ2) is 10.8. The molecule has 0 saturated heterocycles. The van der Waals surface area contributed by atoms with Crippen LogP contribution < -0.4 is 20.7 Å². The number of aliphatic hydroxyl groups is 1. The minimum atomic E-state index is -1.28. The SMILES string of the molecule is CC(C)[C@H](O)C(=O)NC1Cc2ccc3c(c2)C24c5cccc(c5N[C@H]2O3)-c2cccc3[nH]cc(c23)-c2cnc(o2)-c2nc(oc24)[C@H](C(C)C)NC1=O. The number of ether oxygens (including phenoxy) is 1. The predicted octanol–water partition coefficient (Wildman–Crippen LogP) is 5.81. The smallest absolute Gasteiger partial charge is 0.249 e. The quantitative estimate of drug-likeness (QED) is 0.153. The van der Waals surface area contributed by atoms with Crippen molar-refractivity contribution in [2.75, 3.05) is 5.32 Å². The lowest BCUT2D eigenvalue weighted by molar-refractivity contribution is -0.135. The van der Waals surface area contributed by atoms with Crippen molar-refractivity contribution in [1.29, 1.82) is 0 Å². The topological polar surface area (TPSA) is 168 Å². The Balaban J connectivity index is 1.28.